The largest absolute Gasteiger partial charge is 0.367 e. The van der Waals surface area contributed by atoms with Gasteiger partial charge in [0.05, 0.1) is 5.92 Å². The van der Waals surface area contributed by atoms with E-state index in [0.29, 0.717) is 24.2 Å². The second-order valence-corrected chi connectivity index (χ2v) is 5.60. The molecular formula is C14H27N3O2. The van der Waals surface area contributed by atoms with Crippen LogP contribution in [0.25, 0.3) is 0 Å². The van der Waals surface area contributed by atoms with Crippen LogP contribution in [0.5, 0.6) is 0 Å². The molecule has 0 aliphatic carbocycles. The van der Waals surface area contributed by atoms with Crippen molar-refractivity contribution in [2.45, 2.75) is 65.5 Å². The summed E-state index contributed by atoms with van der Waals surface area (Å²) in [4.78, 5) is 4.53. The first-order valence-corrected chi connectivity index (χ1v) is 7.09. The molecule has 19 heavy (non-hydrogen) atoms. The summed E-state index contributed by atoms with van der Waals surface area (Å²) in [6.07, 6.45) is 0.796. The third kappa shape index (κ3) is 3.54. The average molecular weight is 269 g/mol. The van der Waals surface area contributed by atoms with Crippen molar-refractivity contribution in [3.05, 3.63) is 11.7 Å². The van der Waals surface area contributed by atoms with Gasteiger partial charge in [0.2, 0.25) is 11.7 Å². The smallest absolute Gasteiger partial charge is 0.231 e. The molecule has 1 aromatic rings. The molecule has 0 amide bonds. The van der Waals surface area contributed by atoms with E-state index in [1.165, 1.54) is 0 Å². The molecule has 0 aliphatic heterocycles. The Morgan fingerprint density at radius 2 is 1.95 bits per heavy atom. The molecule has 0 fully saturated rings. The van der Waals surface area contributed by atoms with Crippen LogP contribution in [0.1, 0.15) is 65.6 Å². The lowest BCUT2D eigenvalue weighted by Gasteiger charge is -2.24. The highest BCUT2D eigenvalue weighted by Crippen LogP contribution is 2.30. The maximum absolute atomic E-state index is 6.02. The van der Waals surface area contributed by atoms with Crippen molar-refractivity contribution in [2.24, 2.45) is 11.7 Å². The van der Waals surface area contributed by atoms with Gasteiger partial charge in [0.1, 0.15) is 5.60 Å². The van der Waals surface area contributed by atoms with Crippen LogP contribution in [0.4, 0.5) is 0 Å². The van der Waals surface area contributed by atoms with Gasteiger partial charge in [-0.3, -0.25) is 0 Å². The van der Waals surface area contributed by atoms with Crippen LogP contribution >= 0.6 is 0 Å². The van der Waals surface area contributed by atoms with Gasteiger partial charge in [-0.05, 0) is 33.1 Å². The summed E-state index contributed by atoms with van der Waals surface area (Å²) in [7, 11) is 0. The molecule has 0 aromatic carbocycles. The zero-order valence-electron chi connectivity index (χ0n) is 12.9. The molecule has 0 saturated carbocycles. The molecule has 0 radical (unpaired) electrons. The summed E-state index contributed by atoms with van der Waals surface area (Å²) < 4.78 is 11.2. The number of nitrogens with two attached hydrogens (primary N) is 1. The highest BCUT2D eigenvalue weighted by molar-refractivity contribution is 5.04. The maximum Gasteiger partial charge on any atom is 0.231 e. The number of nitrogens with zero attached hydrogens (tertiary/aromatic N) is 2. The van der Waals surface area contributed by atoms with Gasteiger partial charge in [0, 0.05) is 12.6 Å². The van der Waals surface area contributed by atoms with Crippen LogP contribution in [-0.4, -0.2) is 22.8 Å². The normalized spacial score (nSPS) is 18.3. The van der Waals surface area contributed by atoms with Crippen molar-refractivity contribution in [3.8, 4) is 0 Å². The van der Waals surface area contributed by atoms with Crippen molar-refractivity contribution in [2.75, 3.05) is 6.61 Å². The number of aromatic nitrogens is 2. The lowest BCUT2D eigenvalue weighted by atomic mass is 9.89. The molecule has 3 unspecified atom stereocenters. The predicted octanol–water partition coefficient (Wildman–Crippen LogP) is 2.82. The molecular weight excluding hydrogens is 242 g/mol. The minimum atomic E-state index is -0.490. The number of hydrogen-bond acceptors (Lipinski definition) is 5. The summed E-state index contributed by atoms with van der Waals surface area (Å²) in [6, 6.07) is -0.0201. The molecule has 5 nitrogen and oxygen atoms in total. The lowest BCUT2D eigenvalue weighted by Crippen LogP contribution is -2.29. The van der Waals surface area contributed by atoms with Gasteiger partial charge in [0.25, 0.3) is 0 Å². The molecule has 0 aliphatic rings. The Morgan fingerprint density at radius 1 is 1.32 bits per heavy atom. The van der Waals surface area contributed by atoms with Crippen LogP contribution in [0.3, 0.4) is 0 Å². The topological polar surface area (TPSA) is 74.2 Å². The summed E-state index contributed by atoms with van der Waals surface area (Å²) in [5.74, 6) is 1.65. The van der Waals surface area contributed by atoms with E-state index in [2.05, 4.69) is 30.9 Å². The first kappa shape index (κ1) is 16.1. The van der Waals surface area contributed by atoms with Crippen molar-refractivity contribution in [1.82, 2.24) is 10.1 Å². The first-order chi connectivity index (χ1) is 8.85. The maximum atomic E-state index is 6.02. The highest BCUT2D eigenvalue weighted by atomic mass is 16.5. The fraction of sp³-hybridized carbons (Fsp3) is 0.857. The van der Waals surface area contributed by atoms with Gasteiger partial charge < -0.3 is 15.0 Å². The van der Waals surface area contributed by atoms with E-state index in [9.17, 15) is 0 Å². The van der Waals surface area contributed by atoms with E-state index in [4.69, 9.17) is 15.0 Å². The van der Waals surface area contributed by atoms with Crippen LogP contribution in [0, 0.1) is 5.92 Å². The molecule has 1 rings (SSSR count). The molecule has 0 spiro atoms. The summed E-state index contributed by atoms with van der Waals surface area (Å²) in [5.41, 5.74) is 5.53. The average Bonchev–Trinajstić information content (AvgIpc) is 2.78. The van der Waals surface area contributed by atoms with Gasteiger partial charge in [-0.15, -0.1) is 0 Å². The van der Waals surface area contributed by atoms with E-state index in [1.54, 1.807) is 0 Å². The van der Waals surface area contributed by atoms with E-state index < -0.39 is 5.60 Å². The Labute approximate surface area is 115 Å². The Morgan fingerprint density at radius 3 is 2.37 bits per heavy atom. The van der Waals surface area contributed by atoms with E-state index in [1.807, 2.05) is 20.8 Å². The van der Waals surface area contributed by atoms with Gasteiger partial charge in [-0.2, -0.15) is 4.98 Å². The van der Waals surface area contributed by atoms with Crippen molar-refractivity contribution in [1.29, 1.82) is 0 Å². The molecule has 5 heteroatoms. The fourth-order valence-electron chi connectivity index (χ4n) is 2.35. The first-order valence-electron chi connectivity index (χ1n) is 7.09. The predicted molar refractivity (Wildman–Crippen MR) is 74.8 cm³/mol. The van der Waals surface area contributed by atoms with Gasteiger partial charge in [-0.1, -0.05) is 25.9 Å². The standard InChI is InChI=1S/C14H27N3O2/c1-7-14(6,18-8-2)13-16-12(19-17-13)11(9(3)4)10(5)15/h9-11H,7-8,15H2,1-6H3. The number of hydrogen-bond donors (Lipinski definition) is 1. The SMILES string of the molecule is CCOC(C)(CC)c1noc(C(C(C)C)C(C)N)n1. The van der Waals surface area contributed by atoms with Crippen molar-refractivity contribution in [3.63, 3.8) is 0 Å². The molecule has 2 N–H and O–H groups in total. The Hall–Kier alpha value is -0.940. The van der Waals surface area contributed by atoms with Gasteiger partial charge >= 0.3 is 0 Å². The molecule has 0 saturated heterocycles. The number of ether oxygens (including phenoxy) is 1. The van der Waals surface area contributed by atoms with Crippen LogP contribution in [0.2, 0.25) is 0 Å². The second-order valence-electron chi connectivity index (χ2n) is 5.60. The Balaban J connectivity index is 3.04. The van der Waals surface area contributed by atoms with Gasteiger partial charge in [-0.25, -0.2) is 0 Å². The van der Waals surface area contributed by atoms with Crippen LogP contribution in [-0.2, 0) is 10.3 Å². The van der Waals surface area contributed by atoms with Crippen molar-refractivity contribution >= 4 is 0 Å². The third-order valence-electron chi connectivity index (χ3n) is 3.62. The zero-order valence-corrected chi connectivity index (χ0v) is 12.9. The lowest BCUT2D eigenvalue weighted by molar-refractivity contribution is -0.0403. The molecule has 1 heterocycles. The quantitative estimate of drug-likeness (QED) is 0.824. The summed E-state index contributed by atoms with van der Waals surface area (Å²) in [5, 5.41) is 4.10. The third-order valence-corrected chi connectivity index (χ3v) is 3.62. The minimum Gasteiger partial charge on any atom is -0.367 e. The Kier molecular flexibility index (Phi) is 5.50. The summed E-state index contributed by atoms with van der Waals surface area (Å²) in [6.45, 7) is 12.8. The molecule has 3 atom stereocenters. The van der Waals surface area contributed by atoms with E-state index >= 15 is 0 Å². The molecule has 1 aromatic heterocycles. The van der Waals surface area contributed by atoms with Crippen LogP contribution < -0.4 is 5.73 Å². The fourth-order valence-corrected chi connectivity index (χ4v) is 2.35. The monoisotopic (exact) mass is 269 g/mol. The second kappa shape index (κ2) is 6.48. The minimum absolute atomic E-state index is 0.0201. The van der Waals surface area contributed by atoms with E-state index in [-0.39, 0.29) is 12.0 Å². The van der Waals surface area contributed by atoms with E-state index in [0.717, 1.165) is 6.42 Å². The van der Waals surface area contributed by atoms with Crippen molar-refractivity contribution < 1.29 is 9.26 Å². The number of rotatable bonds is 7. The zero-order chi connectivity index (χ0) is 14.6. The van der Waals surface area contributed by atoms with Gasteiger partial charge in [0.15, 0.2) is 0 Å². The molecule has 0 bridgehead atoms. The van der Waals surface area contributed by atoms with Crippen LogP contribution in [0.15, 0.2) is 4.52 Å². The highest BCUT2D eigenvalue weighted by Gasteiger charge is 2.33. The molecule has 110 valence electrons. The Bertz CT molecular complexity index is 382. The summed E-state index contributed by atoms with van der Waals surface area (Å²) >= 11 is 0.